The summed E-state index contributed by atoms with van der Waals surface area (Å²) in [5.74, 6) is 0.763. The summed E-state index contributed by atoms with van der Waals surface area (Å²) < 4.78 is 0. The van der Waals surface area contributed by atoms with Gasteiger partial charge in [0.05, 0.1) is 17.8 Å². The van der Waals surface area contributed by atoms with Crippen molar-refractivity contribution in [3.8, 4) is 11.5 Å². The van der Waals surface area contributed by atoms with Crippen LogP contribution in [0.2, 0.25) is 0 Å². The smallest absolute Gasteiger partial charge is 0.229 e. The Morgan fingerprint density at radius 3 is 2.28 bits per heavy atom. The summed E-state index contributed by atoms with van der Waals surface area (Å²) in [6.07, 6.45) is 1.97. The van der Waals surface area contributed by atoms with E-state index < -0.39 is 0 Å². The maximum Gasteiger partial charge on any atom is 0.229 e. The third-order valence-electron chi connectivity index (χ3n) is 4.42. The highest BCUT2D eigenvalue weighted by Crippen LogP contribution is 2.25. The van der Waals surface area contributed by atoms with Crippen LogP contribution in [0.1, 0.15) is 16.7 Å². The Morgan fingerprint density at radius 2 is 1.62 bits per heavy atom. The maximum absolute atomic E-state index is 12.5. The number of aromatic hydroxyl groups is 2. The molecule has 1 aromatic heterocycles. The van der Waals surface area contributed by atoms with Gasteiger partial charge in [0.15, 0.2) is 0 Å². The van der Waals surface area contributed by atoms with Crippen LogP contribution in [0.3, 0.4) is 0 Å². The van der Waals surface area contributed by atoms with E-state index in [1.54, 1.807) is 53.9 Å². The molecule has 6 nitrogen and oxygen atoms in total. The molecule has 1 amide bonds. The first kappa shape index (κ1) is 18.6. The van der Waals surface area contributed by atoms with Crippen LogP contribution in [0.5, 0.6) is 11.5 Å². The second-order valence-electron chi connectivity index (χ2n) is 6.53. The molecule has 3 aromatic rings. The molecule has 1 aliphatic heterocycles. The van der Waals surface area contributed by atoms with Gasteiger partial charge in [0.1, 0.15) is 17.3 Å². The number of hydrogen-bond donors (Lipinski definition) is 5. The van der Waals surface area contributed by atoms with Crippen molar-refractivity contribution in [3.05, 3.63) is 94.1 Å². The molecule has 0 atom stereocenters. The van der Waals surface area contributed by atoms with Gasteiger partial charge in [-0.3, -0.25) is 4.79 Å². The van der Waals surface area contributed by atoms with E-state index in [0.717, 1.165) is 28.1 Å². The Bertz CT molecular complexity index is 1070. The average Bonchev–Trinajstić information content (AvgIpc) is 3.25. The Kier molecular flexibility index (Phi) is 5.22. The molecule has 0 radical (unpaired) electrons. The van der Waals surface area contributed by atoms with Crippen molar-refractivity contribution < 1.29 is 15.0 Å². The summed E-state index contributed by atoms with van der Waals surface area (Å²) in [4.78, 5) is 12.5. The lowest BCUT2D eigenvalue weighted by Gasteiger charge is -2.24. The SMILES string of the molecule is O=C(Cc1ccc(O)cc1)NC1=C(c2ccsc2)NC(c2ccc(O)cc2)=CN1. The van der Waals surface area contributed by atoms with Gasteiger partial charge in [-0.15, -0.1) is 0 Å². The van der Waals surface area contributed by atoms with Crippen molar-refractivity contribution in [1.29, 1.82) is 0 Å². The van der Waals surface area contributed by atoms with Crippen LogP contribution in [0.4, 0.5) is 0 Å². The number of carbonyl (C=O) groups excluding carboxylic acids is 1. The topological polar surface area (TPSA) is 93.6 Å². The van der Waals surface area contributed by atoms with E-state index in [1.165, 1.54) is 0 Å². The van der Waals surface area contributed by atoms with E-state index in [9.17, 15) is 15.0 Å². The number of rotatable bonds is 5. The minimum Gasteiger partial charge on any atom is -0.508 e. The minimum atomic E-state index is -0.172. The Balaban J connectivity index is 1.55. The number of benzene rings is 2. The van der Waals surface area contributed by atoms with Crippen LogP contribution in [0.15, 0.2) is 77.4 Å². The van der Waals surface area contributed by atoms with Gasteiger partial charge in [0.25, 0.3) is 0 Å². The molecular weight excluding hydrogens is 386 g/mol. The van der Waals surface area contributed by atoms with E-state index in [4.69, 9.17) is 0 Å². The van der Waals surface area contributed by atoms with Gasteiger partial charge < -0.3 is 26.2 Å². The molecule has 2 heterocycles. The monoisotopic (exact) mass is 405 g/mol. The van der Waals surface area contributed by atoms with Crippen molar-refractivity contribution in [2.45, 2.75) is 6.42 Å². The zero-order chi connectivity index (χ0) is 20.2. The third kappa shape index (κ3) is 4.41. The van der Waals surface area contributed by atoms with E-state index in [1.807, 2.05) is 29.0 Å². The fourth-order valence-corrected chi connectivity index (χ4v) is 3.60. The average molecular weight is 405 g/mol. The molecule has 0 unspecified atom stereocenters. The van der Waals surface area contributed by atoms with Gasteiger partial charge in [-0.1, -0.05) is 12.1 Å². The maximum atomic E-state index is 12.5. The van der Waals surface area contributed by atoms with Gasteiger partial charge in [-0.2, -0.15) is 11.3 Å². The van der Waals surface area contributed by atoms with Crippen molar-refractivity contribution in [2.75, 3.05) is 0 Å². The van der Waals surface area contributed by atoms with Gasteiger partial charge in [-0.25, -0.2) is 0 Å². The van der Waals surface area contributed by atoms with Crippen LogP contribution in [-0.2, 0) is 11.2 Å². The molecule has 0 bridgehead atoms. The molecule has 0 aliphatic carbocycles. The normalized spacial score (nSPS) is 13.3. The number of carbonyl (C=O) groups is 1. The fourth-order valence-electron chi connectivity index (χ4n) is 2.95. The lowest BCUT2D eigenvalue weighted by molar-refractivity contribution is -0.119. The molecule has 7 heteroatoms. The van der Waals surface area contributed by atoms with E-state index in [2.05, 4.69) is 16.0 Å². The molecule has 0 saturated carbocycles. The van der Waals surface area contributed by atoms with Crippen molar-refractivity contribution in [2.24, 2.45) is 0 Å². The lowest BCUT2D eigenvalue weighted by Crippen LogP contribution is -2.36. The molecule has 2 aromatic carbocycles. The van der Waals surface area contributed by atoms with E-state index in [0.29, 0.717) is 5.82 Å². The van der Waals surface area contributed by atoms with Gasteiger partial charge in [0, 0.05) is 17.1 Å². The van der Waals surface area contributed by atoms with E-state index >= 15 is 0 Å². The molecular formula is C22H19N3O3S. The zero-order valence-electron chi connectivity index (χ0n) is 15.3. The van der Waals surface area contributed by atoms with E-state index in [-0.39, 0.29) is 23.8 Å². The second-order valence-corrected chi connectivity index (χ2v) is 7.31. The number of hydrogen-bond acceptors (Lipinski definition) is 6. The molecule has 1 aliphatic rings. The van der Waals surface area contributed by atoms with Gasteiger partial charge >= 0.3 is 0 Å². The third-order valence-corrected chi connectivity index (χ3v) is 5.11. The molecule has 146 valence electrons. The van der Waals surface area contributed by atoms with Crippen LogP contribution in [0.25, 0.3) is 11.4 Å². The highest BCUT2D eigenvalue weighted by molar-refractivity contribution is 7.08. The van der Waals surface area contributed by atoms with Crippen LogP contribution in [0, 0.1) is 0 Å². The van der Waals surface area contributed by atoms with Gasteiger partial charge in [0.2, 0.25) is 5.91 Å². The Labute approximate surface area is 171 Å². The highest BCUT2D eigenvalue weighted by atomic mass is 32.1. The van der Waals surface area contributed by atoms with Crippen molar-refractivity contribution >= 4 is 28.6 Å². The number of phenolic OH excluding ortho intramolecular Hbond substituents is 2. The van der Waals surface area contributed by atoms with Gasteiger partial charge in [-0.05, 0) is 59.0 Å². The molecule has 0 spiro atoms. The highest BCUT2D eigenvalue weighted by Gasteiger charge is 2.19. The Hall–Kier alpha value is -3.71. The van der Waals surface area contributed by atoms with Crippen molar-refractivity contribution in [1.82, 2.24) is 16.0 Å². The lowest BCUT2D eigenvalue weighted by atomic mass is 10.1. The first-order valence-corrected chi connectivity index (χ1v) is 9.90. The fraction of sp³-hybridized carbons (Fsp3) is 0.0455. The summed E-state index contributed by atoms with van der Waals surface area (Å²) in [5, 5.41) is 32.3. The zero-order valence-corrected chi connectivity index (χ0v) is 16.2. The van der Waals surface area contributed by atoms with Crippen LogP contribution >= 0.6 is 11.3 Å². The molecule has 0 saturated heterocycles. The van der Waals surface area contributed by atoms with Crippen LogP contribution in [-0.4, -0.2) is 16.1 Å². The second kappa shape index (κ2) is 8.12. The molecule has 5 N–H and O–H groups in total. The number of phenols is 2. The summed E-state index contributed by atoms with van der Waals surface area (Å²) in [6.45, 7) is 0. The first-order chi connectivity index (χ1) is 14.1. The summed E-state index contributed by atoms with van der Waals surface area (Å²) in [7, 11) is 0. The number of nitrogens with one attached hydrogen (secondary N) is 3. The summed E-state index contributed by atoms with van der Waals surface area (Å²) in [6, 6.07) is 15.4. The first-order valence-electron chi connectivity index (χ1n) is 8.96. The summed E-state index contributed by atoms with van der Waals surface area (Å²) in [5.41, 5.74) is 4.24. The minimum absolute atomic E-state index is 0.168. The molecule has 0 fully saturated rings. The molecule has 29 heavy (non-hydrogen) atoms. The predicted molar refractivity (Wildman–Crippen MR) is 114 cm³/mol. The number of amides is 1. The largest absolute Gasteiger partial charge is 0.508 e. The Morgan fingerprint density at radius 1 is 0.931 bits per heavy atom. The summed E-state index contributed by atoms with van der Waals surface area (Å²) >= 11 is 1.57. The molecule has 4 rings (SSSR count). The standard InChI is InChI=1S/C22H19N3O3S/c26-17-5-1-14(2-6-17)11-20(28)25-22-21(16-9-10-29-13-16)24-19(12-23-22)15-3-7-18(27)8-4-15/h1-10,12-13,23-24,26-27H,11H2,(H,25,28). The van der Waals surface area contributed by atoms with Crippen LogP contribution < -0.4 is 16.0 Å². The van der Waals surface area contributed by atoms with Crippen molar-refractivity contribution in [3.63, 3.8) is 0 Å². The quantitative estimate of drug-likeness (QED) is 0.449. The predicted octanol–water partition coefficient (Wildman–Crippen LogP) is 3.34. The number of thiophene rings is 1.